The van der Waals surface area contributed by atoms with Crippen molar-refractivity contribution >= 4 is 5.97 Å². The molecule has 0 heterocycles. The summed E-state index contributed by atoms with van der Waals surface area (Å²) in [5, 5.41) is 9.46. The molecule has 3 atom stereocenters. The first-order valence-electron chi connectivity index (χ1n) is 7.22. The van der Waals surface area contributed by atoms with Gasteiger partial charge in [-0.25, -0.2) is 4.79 Å². The fraction of sp³-hybridized carbons (Fsp3) is 0.562. The van der Waals surface area contributed by atoms with E-state index in [4.69, 9.17) is 10.5 Å². The molecule has 3 N–H and O–H groups in total. The van der Waals surface area contributed by atoms with Gasteiger partial charge in [-0.2, -0.15) is 0 Å². The van der Waals surface area contributed by atoms with Crippen molar-refractivity contribution in [2.24, 2.45) is 11.7 Å². The summed E-state index contributed by atoms with van der Waals surface area (Å²) in [4.78, 5) is 11.6. The van der Waals surface area contributed by atoms with Gasteiger partial charge in [-0.1, -0.05) is 50.1 Å². The first-order valence-corrected chi connectivity index (χ1v) is 7.22. The normalized spacial score (nSPS) is 25.9. The lowest BCUT2D eigenvalue weighted by atomic mass is 9.88. The molecule has 1 aliphatic rings. The SMILES string of the molecule is CC1CCCC(OCC(N)(C(=O)O)c2ccccc2)C1. The molecule has 110 valence electrons. The van der Waals surface area contributed by atoms with E-state index in [2.05, 4.69) is 6.92 Å². The largest absolute Gasteiger partial charge is 0.480 e. The second-order valence-corrected chi connectivity index (χ2v) is 5.85. The van der Waals surface area contributed by atoms with Gasteiger partial charge in [-0.15, -0.1) is 0 Å². The molecule has 4 nitrogen and oxygen atoms in total. The highest BCUT2D eigenvalue weighted by molar-refractivity contribution is 5.80. The van der Waals surface area contributed by atoms with Crippen LogP contribution in [0.3, 0.4) is 0 Å². The number of carboxylic acid groups (broad SMARTS) is 1. The lowest BCUT2D eigenvalue weighted by Gasteiger charge is -2.31. The molecule has 0 aliphatic heterocycles. The molecule has 0 saturated heterocycles. The average molecular weight is 277 g/mol. The predicted molar refractivity (Wildman–Crippen MR) is 77.3 cm³/mol. The number of hydrogen-bond donors (Lipinski definition) is 2. The van der Waals surface area contributed by atoms with Crippen molar-refractivity contribution < 1.29 is 14.6 Å². The van der Waals surface area contributed by atoms with E-state index in [0.717, 1.165) is 19.3 Å². The van der Waals surface area contributed by atoms with Crippen molar-refractivity contribution in [3.05, 3.63) is 35.9 Å². The molecule has 3 unspecified atom stereocenters. The van der Waals surface area contributed by atoms with Crippen molar-refractivity contribution in [1.29, 1.82) is 0 Å². The summed E-state index contributed by atoms with van der Waals surface area (Å²) >= 11 is 0. The molecule has 1 saturated carbocycles. The van der Waals surface area contributed by atoms with Crippen LogP contribution in [0.25, 0.3) is 0 Å². The molecule has 0 bridgehead atoms. The Morgan fingerprint density at radius 3 is 2.70 bits per heavy atom. The summed E-state index contributed by atoms with van der Waals surface area (Å²) in [5.74, 6) is -0.407. The number of rotatable bonds is 5. The van der Waals surface area contributed by atoms with Crippen molar-refractivity contribution in [3.63, 3.8) is 0 Å². The zero-order chi connectivity index (χ0) is 14.6. The van der Waals surface area contributed by atoms with Crippen molar-refractivity contribution in [2.75, 3.05) is 6.61 Å². The minimum absolute atomic E-state index is 0.0176. The van der Waals surface area contributed by atoms with E-state index < -0.39 is 11.5 Å². The van der Waals surface area contributed by atoms with Crippen LogP contribution in [0.5, 0.6) is 0 Å². The van der Waals surface area contributed by atoms with Crippen LogP contribution >= 0.6 is 0 Å². The Balaban J connectivity index is 2.04. The van der Waals surface area contributed by atoms with Crippen LogP contribution in [0.1, 0.15) is 38.2 Å². The lowest BCUT2D eigenvalue weighted by molar-refractivity contribution is -0.148. The van der Waals surface area contributed by atoms with Crippen molar-refractivity contribution in [3.8, 4) is 0 Å². The third-order valence-electron chi connectivity index (χ3n) is 4.11. The Hall–Kier alpha value is -1.39. The number of ether oxygens (including phenoxy) is 1. The summed E-state index contributed by atoms with van der Waals surface area (Å²) < 4.78 is 5.83. The molecule has 4 heteroatoms. The molecule has 0 radical (unpaired) electrons. The third kappa shape index (κ3) is 3.38. The van der Waals surface area contributed by atoms with Gasteiger partial charge in [0.2, 0.25) is 0 Å². The monoisotopic (exact) mass is 277 g/mol. The molecule has 1 fully saturated rings. The highest BCUT2D eigenvalue weighted by atomic mass is 16.5. The van der Waals surface area contributed by atoms with E-state index in [0.29, 0.717) is 11.5 Å². The molecule has 1 aromatic rings. The number of benzene rings is 1. The van der Waals surface area contributed by atoms with Crippen molar-refractivity contribution in [2.45, 2.75) is 44.2 Å². The molecule has 2 rings (SSSR count). The molecule has 20 heavy (non-hydrogen) atoms. The second-order valence-electron chi connectivity index (χ2n) is 5.85. The van der Waals surface area contributed by atoms with E-state index in [9.17, 15) is 9.90 Å². The molecular formula is C16H23NO3. The summed E-state index contributed by atoms with van der Waals surface area (Å²) in [6.07, 6.45) is 4.48. The summed E-state index contributed by atoms with van der Waals surface area (Å²) in [5.41, 5.74) is 5.20. The van der Waals surface area contributed by atoms with Crippen LogP contribution in [-0.2, 0) is 15.1 Å². The molecule has 1 aromatic carbocycles. The number of carboxylic acids is 1. The number of aliphatic carboxylic acids is 1. The van der Waals surface area contributed by atoms with Gasteiger partial charge in [-0.3, -0.25) is 0 Å². The zero-order valence-corrected chi connectivity index (χ0v) is 11.9. The maximum atomic E-state index is 11.6. The van der Waals surface area contributed by atoms with Crippen LogP contribution in [0.4, 0.5) is 0 Å². The Morgan fingerprint density at radius 2 is 2.10 bits per heavy atom. The quantitative estimate of drug-likeness (QED) is 0.867. The fourth-order valence-corrected chi connectivity index (χ4v) is 2.78. The van der Waals surface area contributed by atoms with Crippen LogP contribution in [0.2, 0.25) is 0 Å². The van der Waals surface area contributed by atoms with E-state index >= 15 is 0 Å². The van der Waals surface area contributed by atoms with Crippen LogP contribution in [0, 0.1) is 5.92 Å². The Labute approximate surface area is 119 Å². The Morgan fingerprint density at radius 1 is 1.40 bits per heavy atom. The summed E-state index contributed by atoms with van der Waals surface area (Å²) in [6, 6.07) is 8.91. The molecule has 0 aromatic heterocycles. The lowest BCUT2D eigenvalue weighted by Crippen LogP contribution is -2.49. The molecule has 1 aliphatic carbocycles. The smallest absolute Gasteiger partial charge is 0.330 e. The van der Waals surface area contributed by atoms with Crippen LogP contribution in [-0.4, -0.2) is 23.8 Å². The first kappa shape index (κ1) is 15.0. The maximum Gasteiger partial charge on any atom is 0.330 e. The Bertz CT molecular complexity index is 448. The first-order chi connectivity index (χ1) is 9.52. The van der Waals surface area contributed by atoms with Crippen LogP contribution < -0.4 is 5.73 Å². The molecule has 0 amide bonds. The number of nitrogens with two attached hydrogens (primary N) is 1. The van der Waals surface area contributed by atoms with Gasteiger partial charge in [0.1, 0.15) is 0 Å². The molecule has 0 spiro atoms. The highest BCUT2D eigenvalue weighted by Crippen LogP contribution is 2.27. The topological polar surface area (TPSA) is 72.5 Å². The minimum Gasteiger partial charge on any atom is -0.480 e. The van der Waals surface area contributed by atoms with Gasteiger partial charge in [0, 0.05) is 0 Å². The minimum atomic E-state index is -1.47. The summed E-state index contributed by atoms with van der Waals surface area (Å²) in [6.45, 7) is 2.23. The van der Waals surface area contributed by atoms with Gasteiger partial charge in [-0.05, 0) is 24.3 Å². The van der Waals surface area contributed by atoms with E-state index in [1.807, 2.05) is 6.07 Å². The van der Waals surface area contributed by atoms with Crippen LogP contribution in [0.15, 0.2) is 30.3 Å². The van der Waals surface area contributed by atoms with Crippen molar-refractivity contribution in [1.82, 2.24) is 0 Å². The number of hydrogen-bond acceptors (Lipinski definition) is 3. The van der Waals surface area contributed by atoms with Gasteiger partial charge in [0.15, 0.2) is 5.54 Å². The fourth-order valence-electron chi connectivity index (χ4n) is 2.78. The van der Waals surface area contributed by atoms with E-state index in [-0.39, 0.29) is 12.7 Å². The van der Waals surface area contributed by atoms with Gasteiger partial charge >= 0.3 is 5.97 Å². The van der Waals surface area contributed by atoms with E-state index in [1.54, 1.807) is 24.3 Å². The number of carbonyl (C=O) groups is 1. The third-order valence-corrected chi connectivity index (χ3v) is 4.11. The Kier molecular flexibility index (Phi) is 4.78. The highest BCUT2D eigenvalue weighted by Gasteiger charge is 2.37. The van der Waals surface area contributed by atoms with Gasteiger partial charge < -0.3 is 15.6 Å². The van der Waals surface area contributed by atoms with Gasteiger partial charge in [0.05, 0.1) is 12.7 Å². The van der Waals surface area contributed by atoms with Gasteiger partial charge in [0.25, 0.3) is 0 Å². The zero-order valence-electron chi connectivity index (χ0n) is 11.9. The standard InChI is InChI=1S/C16H23NO3/c1-12-6-5-9-14(10-12)20-11-16(17,15(18)19)13-7-3-2-4-8-13/h2-4,7-8,12,14H,5-6,9-11,17H2,1H3,(H,18,19). The average Bonchev–Trinajstić information content (AvgIpc) is 2.45. The summed E-state index contributed by atoms with van der Waals surface area (Å²) in [7, 11) is 0. The van der Waals surface area contributed by atoms with E-state index in [1.165, 1.54) is 6.42 Å². The molecular weight excluding hydrogens is 254 g/mol. The second kappa shape index (κ2) is 6.37. The maximum absolute atomic E-state index is 11.6. The predicted octanol–water partition coefficient (Wildman–Crippen LogP) is 2.52.